The van der Waals surface area contributed by atoms with Gasteiger partial charge in [-0.15, -0.1) is 11.3 Å². The summed E-state index contributed by atoms with van der Waals surface area (Å²) in [5.41, 5.74) is 2.27. The third-order valence-corrected chi connectivity index (χ3v) is 6.63. The number of hydrogen-bond acceptors (Lipinski definition) is 5. The highest BCUT2D eigenvalue weighted by molar-refractivity contribution is 7.10. The van der Waals surface area contributed by atoms with E-state index >= 15 is 0 Å². The van der Waals surface area contributed by atoms with Crippen molar-refractivity contribution in [3.05, 3.63) is 87.6 Å². The van der Waals surface area contributed by atoms with Gasteiger partial charge >= 0.3 is 5.97 Å². The van der Waals surface area contributed by atoms with Gasteiger partial charge < -0.3 is 15.0 Å². The second-order valence-electron chi connectivity index (χ2n) is 8.43. The molecular weight excluding hydrogens is 436 g/mol. The van der Waals surface area contributed by atoms with Gasteiger partial charge in [0.05, 0.1) is 24.6 Å². The van der Waals surface area contributed by atoms with Gasteiger partial charge in [0.25, 0.3) is 5.91 Å². The van der Waals surface area contributed by atoms with Gasteiger partial charge in [-0.05, 0) is 53.3 Å². The van der Waals surface area contributed by atoms with E-state index in [-0.39, 0.29) is 17.7 Å². The SMILES string of the molecule is COC(=O)c1ccc(NC(=O)[C@@H]2c3ccccc3C(=O)N(CC(C)C)[C@@H]2c2cccs2)cc1. The van der Waals surface area contributed by atoms with Gasteiger partial charge in [-0.1, -0.05) is 38.1 Å². The Bertz CT molecular complexity index is 1160. The van der Waals surface area contributed by atoms with Gasteiger partial charge in [0, 0.05) is 22.7 Å². The van der Waals surface area contributed by atoms with Crippen molar-refractivity contribution in [1.29, 1.82) is 0 Å². The highest BCUT2D eigenvalue weighted by Crippen LogP contribution is 2.44. The molecule has 33 heavy (non-hydrogen) atoms. The Hall–Kier alpha value is -3.45. The summed E-state index contributed by atoms with van der Waals surface area (Å²) < 4.78 is 4.74. The molecule has 2 atom stereocenters. The van der Waals surface area contributed by atoms with Crippen LogP contribution in [-0.4, -0.2) is 36.3 Å². The van der Waals surface area contributed by atoms with E-state index in [0.717, 1.165) is 10.4 Å². The summed E-state index contributed by atoms with van der Waals surface area (Å²) in [7, 11) is 1.33. The molecule has 170 valence electrons. The third kappa shape index (κ3) is 4.54. The summed E-state index contributed by atoms with van der Waals surface area (Å²) in [4.78, 5) is 41.7. The molecule has 0 radical (unpaired) electrons. The summed E-state index contributed by atoms with van der Waals surface area (Å²) in [5, 5.41) is 4.96. The fraction of sp³-hybridized carbons (Fsp3) is 0.269. The highest BCUT2D eigenvalue weighted by Gasteiger charge is 2.44. The maximum Gasteiger partial charge on any atom is 0.337 e. The van der Waals surface area contributed by atoms with E-state index in [1.807, 2.05) is 40.6 Å². The van der Waals surface area contributed by atoms with Crippen molar-refractivity contribution in [3.8, 4) is 0 Å². The molecule has 2 amide bonds. The minimum atomic E-state index is -0.573. The van der Waals surface area contributed by atoms with Gasteiger partial charge in [0.2, 0.25) is 5.91 Å². The topological polar surface area (TPSA) is 75.7 Å². The summed E-state index contributed by atoms with van der Waals surface area (Å²) in [5.74, 6) is -1.01. The molecule has 1 N–H and O–H groups in total. The molecular formula is C26H26N2O4S. The molecule has 6 nitrogen and oxygen atoms in total. The van der Waals surface area contributed by atoms with Crippen LogP contribution in [0.15, 0.2) is 66.0 Å². The van der Waals surface area contributed by atoms with Gasteiger partial charge in [-0.2, -0.15) is 0 Å². The Labute approximate surface area is 197 Å². The fourth-order valence-electron chi connectivity index (χ4n) is 4.27. The number of nitrogens with zero attached hydrogens (tertiary/aromatic N) is 1. The van der Waals surface area contributed by atoms with Gasteiger partial charge in [0.15, 0.2) is 0 Å². The van der Waals surface area contributed by atoms with E-state index in [4.69, 9.17) is 4.74 Å². The normalized spacial score (nSPS) is 17.6. The van der Waals surface area contributed by atoms with Gasteiger partial charge in [-0.3, -0.25) is 9.59 Å². The van der Waals surface area contributed by atoms with E-state index in [9.17, 15) is 14.4 Å². The minimum absolute atomic E-state index is 0.0517. The van der Waals surface area contributed by atoms with Crippen molar-refractivity contribution in [3.63, 3.8) is 0 Å². The monoisotopic (exact) mass is 462 g/mol. The number of anilines is 1. The number of fused-ring (bicyclic) bond motifs is 1. The third-order valence-electron chi connectivity index (χ3n) is 5.69. The lowest BCUT2D eigenvalue weighted by atomic mass is 9.81. The number of carbonyl (C=O) groups excluding carboxylic acids is 3. The first kappa shape index (κ1) is 22.7. The number of amides is 2. The van der Waals surface area contributed by atoms with Crippen molar-refractivity contribution >= 4 is 34.8 Å². The molecule has 0 saturated carbocycles. The predicted molar refractivity (Wildman–Crippen MR) is 129 cm³/mol. The summed E-state index contributed by atoms with van der Waals surface area (Å²) in [6.45, 7) is 4.68. The molecule has 0 spiro atoms. The van der Waals surface area contributed by atoms with Crippen LogP contribution in [0, 0.1) is 5.92 Å². The van der Waals surface area contributed by atoms with Crippen LogP contribution >= 0.6 is 11.3 Å². The zero-order valence-corrected chi connectivity index (χ0v) is 19.6. The lowest BCUT2D eigenvalue weighted by molar-refractivity contribution is -0.119. The quantitative estimate of drug-likeness (QED) is 0.517. The summed E-state index contributed by atoms with van der Waals surface area (Å²) >= 11 is 1.55. The Balaban J connectivity index is 1.74. The molecule has 2 heterocycles. The van der Waals surface area contributed by atoms with Crippen LogP contribution in [-0.2, 0) is 9.53 Å². The molecule has 2 aromatic carbocycles. The van der Waals surface area contributed by atoms with Crippen LogP contribution in [0.1, 0.15) is 57.0 Å². The van der Waals surface area contributed by atoms with Crippen LogP contribution in [0.25, 0.3) is 0 Å². The molecule has 1 aliphatic heterocycles. The van der Waals surface area contributed by atoms with E-state index in [0.29, 0.717) is 23.4 Å². The number of benzene rings is 2. The van der Waals surface area contributed by atoms with Crippen LogP contribution in [0.3, 0.4) is 0 Å². The van der Waals surface area contributed by atoms with Gasteiger partial charge in [-0.25, -0.2) is 4.79 Å². The number of hydrogen-bond donors (Lipinski definition) is 1. The van der Waals surface area contributed by atoms with E-state index in [1.165, 1.54) is 7.11 Å². The molecule has 0 saturated heterocycles. The number of esters is 1. The second-order valence-corrected chi connectivity index (χ2v) is 9.41. The maximum absolute atomic E-state index is 13.7. The lowest BCUT2D eigenvalue weighted by Crippen LogP contribution is -2.47. The largest absolute Gasteiger partial charge is 0.465 e. The zero-order chi connectivity index (χ0) is 23.5. The summed E-state index contributed by atoms with van der Waals surface area (Å²) in [6, 6.07) is 17.5. The number of carbonyl (C=O) groups is 3. The predicted octanol–water partition coefficient (Wildman–Crippen LogP) is 5.11. The Morgan fingerprint density at radius 3 is 2.42 bits per heavy atom. The van der Waals surface area contributed by atoms with E-state index < -0.39 is 17.9 Å². The minimum Gasteiger partial charge on any atom is -0.465 e. The van der Waals surface area contributed by atoms with Crippen molar-refractivity contribution in [1.82, 2.24) is 4.90 Å². The maximum atomic E-state index is 13.7. The molecule has 1 aliphatic rings. The average Bonchev–Trinajstić information content (AvgIpc) is 3.35. The van der Waals surface area contributed by atoms with Crippen molar-refractivity contribution < 1.29 is 19.1 Å². The first-order valence-corrected chi connectivity index (χ1v) is 11.7. The van der Waals surface area contributed by atoms with Crippen molar-refractivity contribution in [2.45, 2.75) is 25.8 Å². The zero-order valence-electron chi connectivity index (χ0n) is 18.8. The first-order valence-electron chi connectivity index (χ1n) is 10.8. The number of rotatable bonds is 6. The fourth-order valence-corrected chi connectivity index (χ4v) is 5.15. The number of thiophene rings is 1. The van der Waals surface area contributed by atoms with Crippen molar-refractivity contribution in [2.24, 2.45) is 5.92 Å². The van der Waals surface area contributed by atoms with Crippen LogP contribution < -0.4 is 5.32 Å². The van der Waals surface area contributed by atoms with Gasteiger partial charge in [0.1, 0.15) is 0 Å². The molecule has 0 unspecified atom stereocenters. The van der Waals surface area contributed by atoms with Crippen LogP contribution in [0.2, 0.25) is 0 Å². The Morgan fingerprint density at radius 1 is 1.06 bits per heavy atom. The number of methoxy groups -OCH3 is 1. The number of ether oxygens (including phenoxy) is 1. The second kappa shape index (κ2) is 9.58. The van der Waals surface area contributed by atoms with Crippen molar-refractivity contribution in [2.75, 3.05) is 19.0 Å². The molecule has 7 heteroatoms. The average molecular weight is 463 g/mol. The highest BCUT2D eigenvalue weighted by atomic mass is 32.1. The number of nitrogens with one attached hydrogen (secondary N) is 1. The molecule has 0 aliphatic carbocycles. The van der Waals surface area contributed by atoms with Crippen LogP contribution in [0.5, 0.6) is 0 Å². The molecule has 0 fully saturated rings. The lowest BCUT2D eigenvalue weighted by Gasteiger charge is -2.42. The summed E-state index contributed by atoms with van der Waals surface area (Å²) in [6.07, 6.45) is 0. The molecule has 1 aromatic heterocycles. The Morgan fingerprint density at radius 2 is 1.79 bits per heavy atom. The molecule has 4 rings (SSSR count). The van der Waals surface area contributed by atoms with E-state index in [1.54, 1.807) is 41.7 Å². The van der Waals surface area contributed by atoms with E-state index in [2.05, 4.69) is 19.2 Å². The standard InChI is InChI=1S/C26H26N2O4S/c1-16(2)15-28-23(21-9-6-14-33-21)22(19-7-4-5-8-20(19)25(28)30)24(29)27-18-12-10-17(11-13-18)26(31)32-3/h4-14,16,22-23H,15H2,1-3H3,(H,27,29)/t22-,23-/m1/s1. The molecule has 0 bridgehead atoms. The Kier molecular flexibility index (Phi) is 6.60. The smallest absolute Gasteiger partial charge is 0.337 e. The first-order chi connectivity index (χ1) is 15.9. The molecule has 3 aromatic rings. The van der Waals surface area contributed by atoms with Crippen LogP contribution in [0.4, 0.5) is 5.69 Å².